The Labute approximate surface area is 164 Å². The molecule has 28 heavy (non-hydrogen) atoms. The Kier molecular flexibility index (Phi) is 4.90. The average Bonchev–Trinajstić information content (AvgIpc) is 3.02. The molecule has 5 nitrogen and oxygen atoms in total. The number of hydrogen-bond acceptors (Lipinski definition) is 2. The van der Waals surface area contributed by atoms with Crippen molar-refractivity contribution in [2.45, 2.75) is 32.7 Å². The first-order valence-electron chi connectivity index (χ1n) is 9.77. The molecule has 5 heteroatoms. The van der Waals surface area contributed by atoms with Gasteiger partial charge in [0.05, 0.1) is 0 Å². The monoisotopic (exact) mass is 376 g/mol. The van der Waals surface area contributed by atoms with Gasteiger partial charge < -0.3 is 14.6 Å². The lowest BCUT2D eigenvalue weighted by Gasteiger charge is -2.29. The Balaban J connectivity index is 1.68. The molecular formula is C23H24N2O3. The highest BCUT2D eigenvalue weighted by Gasteiger charge is 2.32. The number of aliphatic carboxylic acids is 1. The van der Waals surface area contributed by atoms with Gasteiger partial charge in [0, 0.05) is 34.7 Å². The van der Waals surface area contributed by atoms with Crippen molar-refractivity contribution in [2.75, 3.05) is 11.4 Å². The fraction of sp³-hybridized carbons (Fsp3) is 0.304. The third kappa shape index (κ3) is 3.17. The fourth-order valence-corrected chi connectivity index (χ4v) is 4.42. The van der Waals surface area contributed by atoms with Crippen LogP contribution in [0.2, 0.25) is 0 Å². The lowest BCUT2D eigenvalue weighted by atomic mass is 9.85. The molecule has 1 aliphatic carbocycles. The van der Waals surface area contributed by atoms with E-state index in [9.17, 15) is 14.7 Å². The largest absolute Gasteiger partial charge is 0.480 e. The number of anilines is 1. The smallest absolute Gasteiger partial charge is 0.323 e. The molecule has 1 unspecified atom stereocenters. The van der Waals surface area contributed by atoms with Crippen molar-refractivity contribution >= 4 is 28.5 Å². The van der Waals surface area contributed by atoms with Crippen molar-refractivity contribution < 1.29 is 14.7 Å². The molecule has 1 atom stereocenters. The Morgan fingerprint density at radius 2 is 1.82 bits per heavy atom. The van der Waals surface area contributed by atoms with E-state index >= 15 is 0 Å². The van der Waals surface area contributed by atoms with E-state index in [-0.39, 0.29) is 18.4 Å². The summed E-state index contributed by atoms with van der Waals surface area (Å²) in [5, 5.41) is 10.4. The van der Waals surface area contributed by atoms with E-state index in [0.717, 1.165) is 40.7 Å². The number of benzene rings is 2. The van der Waals surface area contributed by atoms with Crippen molar-refractivity contribution in [1.29, 1.82) is 0 Å². The first kappa shape index (κ1) is 18.3. The predicted octanol–water partition coefficient (Wildman–Crippen LogP) is 3.88. The number of nitrogens with zero attached hydrogens (tertiary/aromatic N) is 2. The van der Waals surface area contributed by atoms with Gasteiger partial charge in [0.2, 0.25) is 5.91 Å². The van der Waals surface area contributed by atoms with Crippen LogP contribution in [-0.2, 0) is 29.0 Å². The molecule has 0 fully saturated rings. The second-order valence-corrected chi connectivity index (χ2v) is 7.28. The van der Waals surface area contributed by atoms with E-state index in [0.29, 0.717) is 13.0 Å². The number of rotatable bonds is 5. The molecule has 3 aromatic rings. The molecule has 0 saturated carbocycles. The maximum atomic E-state index is 13.3. The van der Waals surface area contributed by atoms with E-state index in [1.54, 1.807) is 0 Å². The predicted molar refractivity (Wildman–Crippen MR) is 110 cm³/mol. The van der Waals surface area contributed by atoms with Crippen LogP contribution in [0.3, 0.4) is 0 Å². The first-order chi connectivity index (χ1) is 13.6. The Morgan fingerprint density at radius 1 is 1.11 bits per heavy atom. The standard InChI is InChI=1S/C23H24N2O3/c1-2-24(17-8-4-3-5-9-17)23(28)16-12-13-21-19(14-16)18-10-6-7-11-20(18)25(21)15-22(26)27/h3-11,16H,2,12-15H2,1H3,(H,26,27). The maximum absolute atomic E-state index is 13.3. The Morgan fingerprint density at radius 3 is 2.54 bits per heavy atom. The number of aromatic nitrogens is 1. The lowest BCUT2D eigenvalue weighted by Crippen LogP contribution is -2.38. The summed E-state index contributed by atoms with van der Waals surface area (Å²) in [5.41, 5.74) is 4.06. The van der Waals surface area contributed by atoms with Crippen molar-refractivity contribution in [3.63, 3.8) is 0 Å². The minimum Gasteiger partial charge on any atom is -0.480 e. The molecule has 2 aromatic carbocycles. The van der Waals surface area contributed by atoms with Crippen LogP contribution in [0.1, 0.15) is 24.6 Å². The van der Waals surface area contributed by atoms with E-state index in [1.807, 2.05) is 71.0 Å². The van der Waals surface area contributed by atoms with E-state index in [2.05, 4.69) is 0 Å². The van der Waals surface area contributed by atoms with Gasteiger partial charge >= 0.3 is 5.97 Å². The maximum Gasteiger partial charge on any atom is 0.323 e. The zero-order valence-corrected chi connectivity index (χ0v) is 16.0. The van der Waals surface area contributed by atoms with Gasteiger partial charge in [-0.25, -0.2) is 0 Å². The van der Waals surface area contributed by atoms with Gasteiger partial charge in [-0.05, 0) is 49.9 Å². The average molecular weight is 376 g/mol. The molecule has 0 saturated heterocycles. The SMILES string of the molecule is CCN(C(=O)C1CCc2c(c3ccccc3n2CC(=O)O)C1)c1ccccc1. The number of fused-ring (bicyclic) bond motifs is 3. The number of carbonyl (C=O) groups is 2. The molecule has 4 rings (SSSR count). The van der Waals surface area contributed by atoms with E-state index in [1.165, 1.54) is 0 Å². The van der Waals surface area contributed by atoms with Gasteiger partial charge in [0.25, 0.3) is 0 Å². The molecule has 144 valence electrons. The van der Waals surface area contributed by atoms with Gasteiger partial charge in [-0.1, -0.05) is 36.4 Å². The molecular weight excluding hydrogens is 352 g/mol. The molecule has 0 aliphatic heterocycles. The minimum absolute atomic E-state index is 0.0421. The van der Waals surface area contributed by atoms with Gasteiger partial charge in [-0.2, -0.15) is 0 Å². The van der Waals surface area contributed by atoms with Crippen LogP contribution >= 0.6 is 0 Å². The van der Waals surface area contributed by atoms with Gasteiger partial charge in [0.1, 0.15) is 6.54 Å². The molecule has 0 spiro atoms. The number of carboxylic acids is 1. The highest BCUT2D eigenvalue weighted by Crippen LogP contribution is 2.35. The second kappa shape index (κ2) is 7.50. The second-order valence-electron chi connectivity index (χ2n) is 7.28. The van der Waals surface area contributed by atoms with Gasteiger partial charge in [0.15, 0.2) is 0 Å². The van der Waals surface area contributed by atoms with Crippen LogP contribution in [0.15, 0.2) is 54.6 Å². The fourth-order valence-electron chi connectivity index (χ4n) is 4.42. The quantitative estimate of drug-likeness (QED) is 0.735. The van der Waals surface area contributed by atoms with Crippen molar-refractivity contribution in [3.8, 4) is 0 Å². The van der Waals surface area contributed by atoms with Crippen LogP contribution in [0, 0.1) is 5.92 Å². The molecule has 1 N–H and O–H groups in total. The molecule has 1 aromatic heterocycles. The Hall–Kier alpha value is -3.08. The summed E-state index contributed by atoms with van der Waals surface area (Å²) in [7, 11) is 0. The summed E-state index contributed by atoms with van der Waals surface area (Å²) >= 11 is 0. The van der Waals surface area contributed by atoms with Gasteiger partial charge in [-0.15, -0.1) is 0 Å². The highest BCUT2D eigenvalue weighted by atomic mass is 16.4. The summed E-state index contributed by atoms with van der Waals surface area (Å²) in [6.45, 7) is 2.59. The van der Waals surface area contributed by atoms with Crippen LogP contribution in [0.25, 0.3) is 10.9 Å². The summed E-state index contributed by atoms with van der Waals surface area (Å²) < 4.78 is 1.91. The summed E-state index contributed by atoms with van der Waals surface area (Å²) in [5.74, 6) is -0.783. The molecule has 0 radical (unpaired) electrons. The molecule has 1 heterocycles. The normalized spacial score (nSPS) is 16.0. The van der Waals surface area contributed by atoms with Crippen LogP contribution < -0.4 is 4.90 Å². The third-order valence-electron chi connectivity index (χ3n) is 5.67. The van der Waals surface area contributed by atoms with Crippen molar-refractivity contribution in [3.05, 3.63) is 65.9 Å². The van der Waals surface area contributed by atoms with Crippen LogP contribution in [-0.4, -0.2) is 28.1 Å². The minimum atomic E-state index is -0.844. The van der Waals surface area contributed by atoms with Gasteiger partial charge in [-0.3, -0.25) is 9.59 Å². The molecule has 1 amide bonds. The number of hydrogen-bond donors (Lipinski definition) is 1. The molecule has 0 bridgehead atoms. The molecule has 1 aliphatic rings. The third-order valence-corrected chi connectivity index (χ3v) is 5.67. The zero-order chi connectivity index (χ0) is 19.7. The lowest BCUT2D eigenvalue weighted by molar-refractivity contribution is -0.137. The Bertz CT molecular complexity index is 1020. The first-order valence-corrected chi connectivity index (χ1v) is 9.77. The number of carboxylic acid groups (broad SMARTS) is 1. The van der Waals surface area contributed by atoms with Crippen molar-refractivity contribution in [2.24, 2.45) is 5.92 Å². The van der Waals surface area contributed by atoms with Crippen LogP contribution in [0.5, 0.6) is 0 Å². The number of carbonyl (C=O) groups excluding carboxylic acids is 1. The summed E-state index contributed by atoms with van der Waals surface area (Å²) in [6.07, 6.45) is 2.12. The topological polar surface area (TPSA) is 62.5 Å². The number of amides is 1. The van der Waals surface area contributed by atoms with E-state index in [4.69, 9.17) is 0 Å². The summed E-state index contributed by atoms with van der Waals surface area (Å²) in [4.78, 5) is 26.5. The summed E-state index contributed by atoms with van der Waals surface area (Å²) in [6, 6.07) is 17.7. The zero-order valence-electron chi connectivity index (χ0n) is 16.0. The number of para-hydroxylation sites is 2. The van der Waals surface area contributed by atoms with Crippen molar-refractivity contribution in [1.82, 2.24) is 4.57 Å². The highest BCUT2D eigenvalue weighted by molar-refractivity contribution is 5.96. The van der Waals surface area contributed by atoms with E-state index < -0.39 is 5.97 Å². The van der Waals surface area contributed by atoms with Crippen LogP contribution in [0.4, 0.5) is 5.69 Å².